The lowest BCUT2D eigenvalue weighted by Gasteiger charge is -2.35. The third kappa shape index (κ3) is 3.26. The largest absolute Gasteiger partial charge is 0.508 e. The van der Waals surface area contributed by atoms with Crippen molar-refractivity contribution >= 4 is 17.6 Å². The monoisotopic (exact) mass is 286 g/mol. The Balaban J connectivity index is 1.55. The second-order valence-corrected chi connectivity index (χ2v) is 6.01. The molecule has 3 nitrogen and oxygen atoms in total. The molecule has 1 aliphatic rings. The summed E-state index contributed by atoms with van der Waals surface area (Å²) in [4.78, 5) is 3.66. The van der Waals surface area contributed by atoms with Crippen LogP contribution in [0.5, 0.6) is 5.75 Å². The zero-order valence-electron chi connectivity index (χ0n) is 11.3. The second-order valence-electron chi connectivity index (χ2n) is 4.84. The van der Waals surface area contributed by atoms with E-state index >= 15 is 0 Å². The Morgan fingerprint density at radius 3 is 2.10 bits per heavy atom. The first-order valence-electron chi connectivity index (χ1n) is 6.83. The first-order chi connectivity index (χ1) is 9.81. The molecule has 3 rings (SSSR count). The van der Waals surface area contributed by atoms with E-state index in [1.54, 1.807) is 12.1 Å². The van der Waals surface area contributed by atoms with Crippen molar-refractivity contribution in [3.63, 3.8) is 0 Å². The van der Waals surface area contributed by atoms with Gasteiger partial charge in [0.15, 0.2) is 0 Å². The van der Waals surface area contributed by atoms with Crippen molar-refractivity contribution in [1.82, 2.24) is 4.31 Å². The summed E-state index contributed by atoms with van der Waals surface area (Å²) in [5.41, 5.74) is 1.19. The van der Waals surface area contributed by atoms with E-state index in [-0.39, 0.29) is 0 Å². The summed E-state index contributed by atoms with van der Waals surface area (Å²) in [5.74, 6) is 0.326. The predicted octanol–water partition coefficient (Wildman–Crippen LogP) is 3.22. The molecule has 1 heterocycles. The molecule has 0 saturated carbocycles. The van der Waals surface area contributed by atoms with Crippen LogP contribution in [0.3, 0.4) is 0 Å². The summed E-state index contributed by atoms with van der Waals surface area (Å²) in [6.45, 7) is 4.12. The Morgan fingerprint density at radius 1 is 0.800 bits per heavy atom. The fourth-order valence-electron chi connectivity index (χ4n) is 2.33. The van der Waals surface area contributed by atoms with Gasteiger partial charge < -0.3 is 10.0 Å². The minimum Gasteiger partial charge on any atom is -0.508 e. The Bertz CT molecular complexity index is 536. The van der Waals surface area contributed by atoms with Gasteiger partial charge in [-0.25, -0.2) is 4.31 Å². The average Bonchev–Trinajstić information content (AvgIpc) is 2.50. The van der Waals surface area contributed by atoms with Crippen LogP contribution in [0.2, 0.25) is 0 Å². The summed E-state index contributed by atoms with van der Waals surface area (Å²) in [6.07, 6.45) is 0. The molecule has 0 aromatic heterocycles. The average molecular weight is 286 g/mol. The minimum absolute atomic E-state index is 0.326. The third-order valence-electron chi connectivity index (χ3n) is 3.43. The fourth-order valence-corrected chi connectivity index (χ4v) is 3.25. The van der Waals surface area contributed by atoms with Crippen LogP contribution in [0, 0.1) is 0 Å². The van der Waals surface area contributed by atoms with Crippen molar-refractivity contribution in [1.29, 1.82) is 0 Å². The molecule has 1 N–H and O–H groups in total. The van der Waals surface area contributed by atoms with Gasteiger partial charge in [-0.15, -0.1) is 0 Å². The van der Waals surface area contributed by atoms with Crippen LogP contribution in [0.15, 0.2) is 59.5 Å². The number of hydrogen-bond donors (Lipinski definition) is 1. The van der Waals surface area contributed by atoms with Crippen molar-refractivity contribution in [2.75, 3.05) is 31.1 Å². The summed E-state index contributed by atoms with van der Waals surface area (Å²) >= 11 is 1.83. The number of piperazine rings is 1. The lowest BCUT2D eigenvalue weighted by Crippen LogP contribution is -2.43. The van der Waals surface area contributed by atoms with E-state index in [1.807, 2.05) is 30.1 Å². The molecule has 0 atom stereocenters. The zero-order valence-corrected chi connectivity index (χ0v) is 12.1. The van der Waals surface area contributed by atoms with Gasteiger partial charge in [-0.05, 0) is 48.3 Å². The van der Waals surface area contributed by atoms with Crippen LogP contribution < -0.4 is 4.90 Å². The Hall–Kier alpha value is -1.65. The number of rotatable bonds is 3. The van der Waals surface area contributed by atoms with Gasteiger partial charge >= 0.3 is 0 Å². The molecule has 0 amide bonds. The van der Waals surface area contributed by atoms with Crippen molar-refractivity contribution in [2.45, 2.75) is 4.90 Å². The molecular formula is C16H18N2OS. The molecule has 20 heavy (non-hydrogen) atoms. The quantitative estimate of drug-likeness (QED) is 0.877. The van der Waals surface area contributed by atoms with E-state index in [0.29, 0.717) is 5.75 Å². The molecule has 1 aliphatic heterocycles. The maximum Gasteiger partial charge on any atom is 0.115 e. The number of phenolic OH excluding ortho intramolecular Hbond substituents is 1. The second kappa shape index (κ2) is 6.20. The number of aromatic hydroxyl groups is 1. The summed E-state index contributed by atoms with van der Waals surface area (Å²) in [6, 6.07) is 18.0. The van der Waals surface area contributed by atoms with E-state index in [9.17, 15) is 5.11 Å². The zero-order chi connectivity index (χ0) is 13.8. The fraction of sp³-hybridized carbons (Fsp3) is 0.250. The van der Waals surface area contributed by atoms with E-state index in [0.717, 1.165) is 26.2 Å². The van der Waals surface area contributed by atoms with Gasteiger partial charge in [-0.2, -0.15) is 0 Å². The predicted molar refractivity (Wildman–Crippen MR) is 84.2 cm³/mol. The normalized spacial score (nSPS) is 16.3. The molecular weight excluding hydrogens is 268 g/mol. The maximum atomic E-state index is 9.33. The first-order valence-corrected chi connectivity index (χ1v) is 7.60. The summed E-state index contributed by atoms with van der Waals surface area (Å²) < 4.78 is 2.41. The van der Waals surface area contributed by atoms with E-state index in [1.165, 1.54) is 10.6 Å². The van der Waals surface area contributed by atoms with Crippen molar-refractivity contribution < 1.29 is 5.11 Å². The van der Waals surface area contributed by atoms with Gasteiger partial charge in [0.25, 0.3) is 0 Å². The maximum absolute atomic E-state index is 9.33. The van der Waals surface area contributed by atoms with Crippen LogP contribution in [-0.4, -0.2) is 35.6 Å². The third-order valence-corrected chi connectivity index (χ3v) is 4.54. The van der Waals surface area contributed by atoms with Crippen LogP contribution in [0.1, 0.15) is 0 Å². The molecule has 0 spiro atoms. The number of nitrogens with zero attached hydrogens (tertiary/aromatic N) is 2. The lowest BCUT2D eigenvalue weighted by molar-refractivity contribution is 0.429. The van der Waals surface area contributed by atoms with Crippen LogP contribution in [0.25, 0.3) is 0 Å². The number of anilines is 1. The number of phenols is 1. The molecule has 0 unspecified atom stereocenters. The topological polar surface area (TPSA) is 26.7 Å². The highest BCUT2D eigenvalue weighted by Crippen LogP contribution is 2.25. The van der Waals surface area contributed by atoms with Crippen LogP contribution in [0.4, 0.5) is 5.69 Å². The molecule has 1 fully saturated rings. The molecule has 1 saturated heterocycles. The van der Waals surface area contributed by atoms with E-state index in [2.05, 4.69) is 33.5 Å². The first kappa shape index (κ1) is 13.3. The van der Waals surface area contributed by atoms with Gasteiger partial charge in [0.05, 0.1) is 0 Å². The lowest BCUT2D eigenvalue weighted by atomic mass is 10.2. The highest BCUT2D eigenvalue weighted by molar-refractivity contribution is 7.97. The standard InChI is InChI=1S/C16H18N2OS/c19-15-8-6-14(7-9-15)17-10-12-18(13-11-17)20-16-4-2-1-3-5-16/h1-9,19H,10-13H2. The van der Waals surface area contributed by atoms with Crippen molar-refractivity contribution in [3.8, 4) is 5.75 Å². The highest BCUT2D eigenvalue weighted by Gasteiger charge is 2.17. The summed E-state index contributed by atoms with van der Waals surface area (Å²) in [5, 5.41) is 9.33. The van der Waals surface area contributed by atoms with Crippen LogP contribution in [-0.2, 0) is 0 Å². The smallest absolute Gasteiger partial charge is 0.115 e. The van der Waals surface area contributed by atoms with E-state index < -0.39 is 0 Å². The van der Waals surface area contributed by atoms with E-state index in [4.69, 9.17) is 0 Å². The van der Waals surface area contributed by atoms with Gasteiger partial charge in [0.2, 0.25) is 0 Å². The molecule has 2 aromatic carbocycles. The van der Waals surface area contributed by atoms with Crippen molar-refractivity contribution in [3.05, 3.63) is 54.6 Å². The number of hydrogen-bond acceptors (Lipinski definition) is 4. The SMILES string of the molecule is Oc1ccc(N2CCN(Sc3ccccc3)CC2)cc1. The van der Waals surface area contributed by atoms with Gasteiger partial charge in [-0.3, -0.25) is 0 Å². The van der Waals surface area contributed by atoms with Gasteiger partial charge in [0.1, 0.15) is 5.75 Å². The van der Waals surface area contributed by atoms with Gasteiger partial charge in [0, 0.05) is 36.8 Å². The molecule has 2 aromatic rings. The molecule has 0 bridgehead atoms. The highest BCUT2D eigenvalue weighted by atomic mass is 32.2. The Morgan fingerprint density at radius 2 is 1.45 bits per heavy atom. The molecule has 4 heteroatoms. The molecule has 0 aliphatic carbocycles. The molecule has 104 valence electrons. The van der Waals surface area contributed by atoms with Crippen LogP contribution >= 0.6 is 11.9 Å². The minimum atomic E-state index is 0.326. The Kier molecular flexibility index (Phi) is 4.14. The summed E-state index contributed by atoms with van der Waals surface area (Å²) in [7, 11) is 0. The Labute approximate surface area is 124 Å². The molecule has 0 radical (unpaired) electrons. The van der Waals surface area contributed by atoms with Gasteiger partial charge in [-0.1, -0.05) is 18.2 Å². The van der Waals surface area contributed by atoms with Crippen molar-refractivity contribution in [2.24, 2.45) is 0 Å². The number of benzene rings is 2.